The van der Waals surface area contributed by atoms with Gasteiger partial charge in [-0.05, 0) is 12.8 Å². The summed E-state index contributed by atoms with van der Waals surface area (Å²) in [5, 5.41) is 0. The third kappa shape index (κ3) is 12.3. The first-order valence-electron chi connectivity index (χ1n) is 8.47. The van der Waals surface area contributed by atoms with Gasteiger partial charge in [0.05, 0.1) is 0 Å². The molecular weight excluding hydrogens is 234 g/mol. The maximum absolute atomic E-state index is 11.6. The summed E-state index contributed by atoms with van der Waals surface area (Å²) in [7, 11) is 0. The van der Waals surface area contributed by atoms with E-state index in [2.05, 4.69) is 13.8 Å². The molecular formula is C17H35NO. The number of nitrogens with zero attached hydrogens (tertiary/aromatic N) is 1. The third-order valence-corrected chi connectivity index (χ3v) is 3.76. The summed E-state index contributed by atoms with van der Waals surface area (Å²) >= 11 is 0. The summed E-state index contributed by atoms with van der Waals surface area (Å²) < 4.78 is 0. The van der Waals surface area contributed by atoms with Gasteiger partial charge < -0.3 is 4.90 Å². The predicted octanol–water partition coefficient (Wildman–Crippen LogP) is 5.17. The molecule has 2 heteroatoms. The van der Waals surface area contributed by atoms with E-state index in [1.165, 1.54) is 70.6 Å². The quantitative estimate of drug-likeness (QED) is 0.423. The van der Waals surface area contributed by atoms with Gasteiger partial charge in [-0.1, -0.05) is 71.6 Å². The van der Waals surface area contributed by atoms with Gasteiger partial charge in [-0.3, -0.25) is 4.79 Å². The molecule has 0 heterocycles. The van der Waals surface area contributed by atoms with Crippen molar-refractivity contribution in [1.29, 1.82) is 0 Å². The lowest BCUT2D eigenvalue weighted by Crippen LogP contribution is -2.30. The van der Waals surface area contributed by atoms with Crippen molar-refractivity contribution in [2.45, 2.75) is 91.4 Å². The number of amides is 1. The first kappa shape index (κ1) is 18.5. The van der Waals surface area contributed by atoms with Gasteiger partial charge in [0.15, 0.2) is 0 Å². The Bertz CT molecular complexity index is 203. The average Bonchev–Trinajstić information content (AvgIpc) is 2.39. The molecule has 0 rings (SSSR count). The van der Waals surface area contributed by atoms with E-state index >= 15 is 0 Å². The Labute approximate surface area is 120 Å². The van der Waals surface area contributed by atoms with Crippen LogP contribution in [0.4, 0.5) is 0 Å². The summed E-state index contributed by atoms with van der Waals surface area (Å²) in [4.78, 5) is 13.6. The van der Waals surface area contributed by atoms with Crippen LogP contribution in [0.1, 0.15) is 91.4 Å². The molecule has 0 fully saturated rings. The van der Waals surface area contributed by atoms with Gasteiger partial charge >= 0.3 is 0 Å². The van der Waals surface area contributed by atoms with E-state index in [0.717, 1.165) is 13.1 Å². The monoisotopic (exact) mass is 269 g/mol. The Morgan fingerprint density at radius 3 is 1.42 bits per heavy atom. The normalized spacial score (nSPS) is 10.7. The van der Waals surface area contributed by atoms with Crippen LogP contribution in [0.2, 0.25) is 0 Å². The van der Waals surface area contributed by atoms with Crippen molar-refractivity contribution in [3.8, 4) is 0 Å². The van der Waals surface area contributed by atoms with Crippen molar-refractivity contribution in [2.24, 2.45) is 0 Å². The van der Waals surface area contributed by atoms with Gasteiger partial charge in [0.1, 0.15) is 0 Å². The fourth-order valence-corrected chi connectivity index (χ4v) is 2.42. The summed E-state index contributed by atoms with van der Waals surface area (Å²) in [5.41, 5.74) is 0. The molecule has 0 atom stereocenters. The lowest BCUT2D eigenvalue weighted by atomic mass is 10.1. The van der Waals surface area contributed by atoms with Gasteiger partial charge in [-0.25, -0.2) is 0 Å². The van der Waals surface area contributed by atoms with Crippen LogP contribution < -0.4 is 0 Å². The molecule has 0 spiro atoms. The maximum atomic E-state index is 11.6. The Hall–Kier alpha value is -0.530. The van der Waals surface area contributed by atoms with Crippen molar-refractivity contribution >= 4 is 5.91 Å². The predicted molar refractivity (Wildman–Crippen MR) is 84.4 cm³/mol. The third-order valence-electron chi connectivity index (χ3n) is 3.76. The zero-order valence-corrected chi connectivity index (χ0v) is 13.5. The number of carbonyl (C=O) groups excluding carboxylic acids is 1. The smallest absolute Gasteiger partial charge is 0.219 e. The van der Waals surface area contributed by atoms with Gasteiger partial charge in [-0.15, -0.1) is 0 Å². The highest BCUT2D eigenvalue weighted by Crippen LogP contribution is 2.08. The minimum absolute atomic E-state index is 0.254. The molecule has 0 saturated heterocycles. The van der Waals surface area contributed by atoms with Crippen LogP contribution in [0.5, 0.6) is 0 Å². The Morgan fingerprint density at radius 1 is 0.684 bits per heavy atom. The second-order valence-electron chi connectivity index (χ2n) is 5.69. The average molecular weight is 269 g/mol. The maximum Gasteiger partial charge on any atom is 0.219 e. The second kappa shape index (κ2) is 13.9. The molecule has 0 radical (unpaired) electrons. The van der Waals surface area contributed by atoms with Gasteiger partial charge in [-0.2, -0.15) is 0 Å². The SMILES string of the molecule is CCCCCCCCN(CCCCCCC)C(C)=O. The first-order valence-corrected chi connectivity index (χ1v) is 8.47. The van der Waals surface area contributed by atoms with Crippen molar-refractivity contribution in [1.82, 2.24) is 4.90 Å². The standard InChI is InChI=1S/C17H35NO/c1-4-6-8-10-12-14-16-18(17(3)19)15-13-11-9-7-5-2/h4-16H2,1-3H3. The molecule has 0 aliphatic heterocycles. The van der Waals surface area contributed by atoms with E-state index in [1.54, 1.807) is 6.92 Å². The fraction of sp³-hybridized carbons (Fsp3) is 0.941. The summed E-state index contributed by atoms with van der Waals surface area (Å²) in [5.74, 6) is 0.254. The van der Waals surface area contributed by atoms with Crippen LogP contribution in [-0.4, -0.2) is 23.9 Å². The molecule has 0 aromatic rings. The molecule has 0 aliphatic carbocycles. The Kier molecular flexibility index (Phi) is 13.5. The topological polar surface area (TPSA) is 20.3 Å². The fourth-order valence-electron chi connectivity index (χ4n) is 2.42. The van der Waals surface area contributed by atoms with Crippen LogP contribution in [0.25, 0.3) is 0 Å². The number of unbranched alkanes of at least 4 members (excludes halogenated alkanes) is 9. The van der Waals surface area contributed by atoms with Crippen molar-refractivity contribution in [3.05, 3.63) is 0 Å². The minimum Gasteiger partial charge on any atom is -0.343 e. The molecule has 2 nitrogen and oxygen atoms in total. The van der Waals surface area contributed by atoms with Crippen molar-refractivity contribution < 1.29 is 4.79 Å². The molecule has 0 aliphatic rings. The van der Waals surface area contributed by atoms with Crippen LogP contribution in [0.15, 0.2) is 0 Å². The summed E-state index contributed by atoms with van der Waals surface area (Å²) in [6, 6.07) is 0. The lowest BCUT2D eigenvalue weighted by Gasteiger charge is -2.21. The largest absolute Gasteiger partial charge is 0.343 e. The van der Waals surface area contributed by atoms with E-state index < -0.39 is 0 Å². The van der Waals surface area contributed by atoms with E-state index in [-0.39, 0.29) is 5.91 Å². The zero-order chi connectivity index (χ0) is 14.3. The number of hydrogen-bond acceptors (Lipinski definition) is 1. The zero-order valence-electron chi connectivity index (χ0n) is 13.5. The lowest BCUT2D eigenvalue weighted by molar-refractivity contribution is -0.129. The first-order chi connectivity index (χ1) is 9.22. The van der Waals surface area contributed by atoms with E-state index in [4.69, 9.17) is 0 Å². The van der Waals surface area contributed by atoms with E-state index in [1.807, 2.05) is 4.90 Å². The highest BCUT2D eigenvalue weighted by molar-refractivity contribution is 5.73. The van der Waals surface area contributed by atoms with Gasteiger partial charge in [0, 0.05) is 20.0 Å². The minimum atomic E-state index is 0.254. The molecule has 0 bridgehead atoms. The van der Waals surface area contributed by atoms with E-state index in [0.29, 0.717) is 0 Å². The molecule has 0 saturated carbocycles. The van der Waals surface area contributed by atoms with Crippen LogP contribution in [-0.2, 0) is 4.79 Å². The van der Waals surface area contributed by atoms with Crippen LogP contribution >= 0.6 is 0 Å². The summed E-state index contributed by atoms with van der Waals surface area (Å²) in [6.07, 6.45) is 14.2. The molecule has 0 unspecified atom stereocenters. The molecule has 0 N–H and O–H groups in total. The number of hydrogen-bond donors (Lipinski definition) is 0. The van der Waals surface area contributed by atoms with Crippen LogP contribution in [0.3, 0.4) is 0 Å². The van der Waals surface area contributed by atoms with Crippen molar-refractivity contribution in [2.75, 3.05) is 13.1 Å². The second-order valence-corrected chi connectivity index (χ2v) is 5.69. The molecule has 0 aromatic carbocycles. The number of carbonyl (C=O) groups is 1. The van der Waals surface area contributed by atoms with E-state index in [9.17, 15) is 4.79 Å². The van der Waals surface area contributed by atoms with Gasteiger partial charge in [0.25, 0.3) is 0 Å². The Balaban J connectivity index is 3.54. The number of rotatable bonds is 13. The molecule has 0 aromatic heterocycles. The summed E-state index contributed by atoms with van der Waals surface area (Å²) in [6.45, 7) is 8.13. The Morgan fingerprint density at radius 2 is 1.05 bits per heavy atom. The van der Waals surface area contributed by atoms with Crippen LogP contribution in [0, 0.1) is 0 Å². The van der Waals surface area contributed by atoms with Gasteiger partial charge in [0.2, 0.25) is 5.91 Å². The highest BCUT2D eigenvalue weighted by atomic mass is 16.2. The van der Waals surface area contributed by atoms with Crippen molar-refractivity contribution in [3.63, 3.8) is 0 Å². The molecule has 1 amide bonds. The molecule has 114 valence electrons. The highest BCUT2D eigenvalue weighted by Gasteiger charge is 2.07. The molecule has 19 heavy (non-hydrogen) atoms.